The molecule has 4 aromatic rings. The van der Waals surface area contributed by atoms with E-state index in [1.165, 1.54) is 0 Å². The van der Waals surface area contributed by atoms with Gasteiger partial charge in [-0.25, -0.2) is 10.4 Å². The molecule has 0 aromatic heterocycles. The van der Waals surface area contributed by atoms with E-state index in [0.717, 1.165) is 25.6 Å². The molecule has 0 saturated carbocycles. The highest BCUT2D eigenvalue weighted by Gasteiger charge is 2.53. The summed E-state index contributed by atoms with van der Waals surface area (Å²) in [5.41, 5.74) is 8.16. The predicted octanol–water partition coefficient (Wildman–Crippen LogP) is 6.35. The topological polar surface area (TPSA) is 111 Å². The number of rotatable bonds is 15. The number of ether oxygens (including phenoxy) is 4. The summed E-state index contributed by atoms with van der Waals surface area (Å²) in [6.45, 7) is 0.935. The number of hydrogen-bond acceptors (Lipinski definition) is 8. The molecule has 0 bridgehead atoms. The molecule has 246 valence electrons. The molecule has 0 spiro atoms. The van der Waals surface area contributed by atoms with Crippen LogP contribution < -0.4 is 25.1 Å². The average molecular weight is 768 g/mol. The van der Waals surface area contributed by atoms with Gasteiger partial charge in [-0.3, -0.25) is 10.2 Å². The Bertz CT molecular complexity index is 1680. The zero-order chi connectivity index (χ0) is 33.2. The summed E-state index contributed by atoms with van der Waals surface area (Å²) in [6, 6.07) is 28.7. The van der Waals surface area contributed by atoms with E-state index in [4.69, 9.17) is 29.0 Å². The number of aliphatic hydroxyl groups excluding tert-OH is 1. The second-order valence-corrected chi connectivity index (χ2v) is 12.7. The SMILES string of the molecule is COc1ccc(CCNNC(=O)[C@@]2(Cc3ccccc3Br)N=C(c3ccc(OCCCO)cc3)O[C@H]2c2ccc(Br)cc2)cc1OC. The van der Waals surface area contributed by atoms with Crippen molar-refractivity contribution in [3.8, 4) is 17.2 Å². The maximum atomic E-state index is 14.4. The van der Waals surface area contributed by atoms with E-state index in [0.29, 0.717) is 54.7 Å². The van der Waals surface area contributed by atoms with Gasteiger partial charge in [0.15, 0.2) is 23.1 Å². The highest BCUT2D eigenvalue weighted by molar-refractivity contribution is 9.10. The molecule has 0 radical (unpaired) electrons. The zero-order valence-electron chi connectivity index (χ0n) is 26.2. The number of hydrazine groups is 1. The summed E-state index contributed by atoms with van der Waals surface area (Å²) in [5, 5.41) is 9.08. The van der Waals surface area contributed by atoms with Gasteiger partial charge in [0.1, 0.15) is 5.75 Å². The molecule has 9 nitrogen and oxygen atoms in total. The lowest BCUT2D eigenvalue weighted by atomic mass is 9.82. The molecule has 4 aromatic carbocycles. The molecule has 11 heteroatoms. The van der Waals surface area contributed by atoms with Crippen molar-refractivity contribution in [2.45, 2.75) is 30.9 Å². The van der Waals surface area contributed by atoms with Gasteiger partial charge < -0.3 is 24.1 Å². The minimum Gasteiger partial charge on any atom is -0.494 e. The number of aliphatic hydroxyl groups is 1. The number of benzene rings is 4. The van der Waals surface area contributed by atoms with Crippen LogP contribution in [0.5, 0.6) is 17.2 Å². The first-order valence-corrected chi connectivity index (χ1v) is 16.8. The van der Waals surface area contributed by atoms with Gasteiger partial charge >= 0.3 is 0 Å². The first-order chi connectivity index (χ1) is 22.9. The van der Waals surface area contributed by atoms with Crippen LogP contribution in [-0.4, -0.2) is 56.4 Å². The molecule has 1 heterocycles. The van der Waals surface area contributed by atoms with Crippen LogP contribution in [0.25, 0.3) is 0 Å². The number of carbonyl (C=O) groups excluding carboxylic acids is 1. The fourth-order valence-corrected chi connectivity index (χ4v) is 6.04. The Kier molecular flexibility index (Phi) is 11.9. The highest BCUT2D eigenvalue weighted by atomic mass is 79.9. The van der Waals surface area contributed by atoms with Crippen LogP contribution in [0, 0.1) is 0 Å². The number of amides is 1. The second-order valence-electron chi connectivity index (χ2n) is 10.9. The third kappa shape index (κ3) is 8.34. The summed E-state index contributed by atoms with van der Waals surface area (Å²) in [6.07, 6.45) is 0.711. The summed E-state index contributed by atoms with van der Waals surface area (Å²) in [4.78, 5) is 19.5. The van der Waals surface area contributed by atoms with E-state index in [2.05, 4.69) is 42.7 Å². The molecule has 3 N–H and O–H groups in total. The van der Waals surface area contributed by atoms with Gasteiger partial charge in [-0.1, -0.05) is 68.3 Å². The summed E-state index contributed by atoms with van der Waals surface area (Å²) in [7, 11) is 3.21. The Hall–Kier alpha value is -3.90. The molecule has 0 unspecified atom stereocenters. The maximum absolute atomic E-state index is 14.4. The number of carbonyl (C=O) groups is 1. The molecule has 1 aliphatic heterocycles. The number of aliphatic imine (C=N–C) groups is 1. The molecule has 0 aliphatic carbocycles. The van der Waals surface area contributed by atoms with Gasteiger partial charge in [-0.15, -0.1) is 0 Å². The number of hydrogen-bond donors (Lipinski definition) is 3. The van der Waals surface area contributed by atoms with Crippen molar-refractivity contribution in [3.63, 3.8) is 0 Å². The first kappa shape index (κ1) is 34.4. The molecule has 5 rings (SSSR count). The van der Waals surface area contributed by atoms with Crippen molar-refractivity contribution in [1.82, 2.24) is 10.9 Å². The Balaban J connectivity index is 1.45. The standard InChI is InChI=1S/C36H37Br2N3O6/c1-44-31-17-8-24(22-32(31)45-2)18-19-39-41-35(43)36(23-27-6-3-4-7-30(27)38)33(25-9-13-28(37)14-10-25)47-34(40-36)26-11-15-29(16-12-26)46-21-5-20-42/h3-4,6-17,22,33,39,42H,5,18-21,23H2,1-2H3,(H,41,43)/t33-,36-/m0/s1. The van der Waals surface area contributed by atoms with Crippen molar-refractivity contribution < 1.29 is 28.8 Å². The van der Waals surface area contributed by atoms with Crippen molar-refractivity contribution >= 4 is 43.7 Å². The van der Waals surface area contributed by atoms with E-state index in [1.54, 1.807) is 14.2 Å². The third-order valence-electron chi connectivity index (χ3n) is 7.81. The maximum Gasteiger partial charge on any atom is 0.266 e. The Labute approximate surface area is 291 Å². The van der Waals surface area contributed by atoms with Crippen LogP contribution in [-0.2, 0) is 22.4 Å². The molecule has 47 heavy (non-hydrogen) atoms. The molecule has 2 atom stereocenters. The molecule has 0 saturated heterocycles. The van der Waals surface area contributed by atoms with Crippen LogP contribution in [0.2, 0.25) is 0 Å². The lowest BCUT2D eigenvalue weighted by Gasteiger charge is -2.31. The minimum atomic E-state index is -1.36. The summed E-state index contributed by atoms with van der Waals surface area (Å²) >= 11 is 7.20. The molecule has 1 amide bonds. The smallest absolute Gasteiger partial charge is 0.266 e. The molecular weight excluding hydrogens is 730 g/mol. The van der Waals surface area contributed by atoms with Crippen molar-refractivity contribution in [2.24, 2.45) is 4.99 Å². The minimum absolute atomic E-state index is 0.0624. The van der Waals surface area contributed by atoms with Gasteiger partial charge in [0.05, 0.1) is 20.8 Å². The number of halogens is 2. The van der Waals surface area contributed by atoms with E-state index in [-0.39, 0.29) is 18.9 Å². The van der Waals surface area contributed by atoms with Gasteiger partial charge in [0, 0.05) is 40.5 Å². The fourth-order valence-electron chi connectivity index (χ4n) is 5.35. The van der Waals surface area contributed by atoms with Gasteiger partial charge in [-0.05, 0) is 77.7 Å². The average Bonchev–Trinajstić information content (AvgIpc) is 3.48. The van der Waals surface area contributed by atoms with Crippen LogP contribution in [0.4, 0.5) is 0 Å². The number of nitrogens with one attached hydrogen (secondary N) is 2. The van der Waals surface area contributed by atoms with E-state index >= 15 is 0 Å². The predicted molar refractivity (Wildman–Crippen MR) is 188 cm³/mol. The summed E-state index contributed by atoms with van der Waals surface area (Å²) < 4.78 is 24.9. The number of nitrogens with zero attached hydrogens (tertiary/aromatic N) is 1. The molecule has 0 fully saturated rings. The van der Waals surface area contributed by atoms with Crippen LogP contribution in [0.15, 0.2) is 105 Å². The molecular formula is C36H37Br2N3O6. The van der Waals surface area contributed by atoms with Crippen LogP contribution in [0.3, 0.4) is 0 Å². The fraction of sp³-hybridized carbons (Fsp3) is 0.278. The highest BCUT2D eigenvalue weighted by Crippen LogP contribution is 2.43. The monoisotopic (exact) mass is 765 g/mol. The van der Waals surface area contributed by atoms with Gasteiger partial charge in [-0.2, -0.15) is 0 Å². The van der Waals surface area contributed by atoms with Crippen molar-refractivity contribution in [1.29, 1.82) is 0 Å². The zero-order valence-corrected chi connectivity index (χ0v) is 29.3. The third-order valence-corrected chi connectivity index (χ3v) is 9.11. The van der Waals surface area contributed by atoms with Crippen LogP contribution >= 0.6 is 31.9 Å². The Morgan fingerprint density at radius 1 is 0.957 bits per heavy atom. The molecule has 1 aliphatic rings. The lowest BCUT2D eigenvalue weighted by Crippen LogP contribution is -2.54. The second kappa shape index (κ2) is 16.3. The Morgan fingerprint density at radius 2 is 1.70 bits per heavy atom. The lowest BCUT2D eigenvalue weighted by molar-refractivity contribution is -0.130. The van der Waals surface area contributed by atoms with Gasteiger partial charge in [0.25, 0.3) is 5.91 Å². The summed E-state index contributed by atoms with van der Waals surface area (Å²) in [5.74, 6) is 2.00. The largest absolute Gasteiger partial charge is 0.494 e. The van der Waals surface area contributed by atoms with Crippen LogP contribution in [0.1, 0.15) is 34.8 Å². The van der Waals surface area contributed by atoms with Crippen molar-refractivity contribution in [2.75, 3.05) is 34.0 Å². The van der Waals surface area contributed by atoms with Crippen molar-refractivity contribution in [3.05, 3.63) is 122 Å². The Morgan fingerprint density at radius 3 is 2.40 bits per heavy atom. The van der Waals surface area contributed by atoms with E-state index in [1.807, 2.05) is 91.0 Å². The van der Waals surface area contributed by atoms with Gasteiger partial charge in [0.2, 0.25) is 5.90 Å². The van der Waals surface area contributed by atoms with E-state index in [9.17, 15) is 4.79 Å². The first-order valence-electron chi connectivity index (χ1n) is 15.2. The number of methoxy groups -OCH3 is 2. The normalized spacial score (nSPS) is 17.0. The quantitative estimate of drug-likeness (QED) is 0.0956. The van der Waals surface area contributed by atoms with E-state index < -0.39 is 11.6 Å².